The van der Waals surface area contributed by atoms with E-state index in [1.54, 1.807) is 11.8 Å². The van der Waals surface area contributed by atoms with Crippen molar-refractivity contribution in [1.82, 2.24) is 18.5 Å². The quantitative estimate of drug-likeness (QED) is 0.375. The summed E-state index contributed by atoms with van der Waals surface area (Å²) in [4.78, 5) is 12.5. The second-order valence-electron chi connectivity index (χ2n) is 7.62. The Labute approximate surface area is 194 Å². The molecular weight excluding hydrogens is 436 g/mol. The van der Waals surface area contributed by atoms with E-state index in [0.29, 0.717) is 30.0 Å². The van der Waals surface area contributed by atoms with Gasteiger partial charge in [-0.2, -0.15) is 13.8 Å². The molecule has 0 amide bonds. The maximum absolute atomic E-state index is 12.5. The van der Waals surface area contributed by atoms with Crippen molar-refractivity contribution in [3.8, 4) is 17.0 Å². The Morgan fingerprint density at radius 2 is 1.79 bits per heavy atom. The Balaban J connectivity index is 1.63. The van der Waals surface area contributed by atoms with Gasteiger partial charge in [0, 0.05) is 17.5 Å². The van der Waals surface area contributed by atoms with E-state index in [2.05, 4.69) is 8.75 Å². The van der Waals surface area contributed by atoms with Crippen molar-refractivity contribution >= 4 is 28.7 Å². The van der Waals surface area contributed by atoms with E-state index in [1.165, 1.54) is 0 Å². The first-order chi connectivity index (χ1) is 16.1. The third-order valence-corrected chi connectivity index (χ3v) is 6.02. The number of hydrogen-bond acceptors (Lipinski definition) is 6. The van der Waals surface area contributed by atoms with Crippen molar-refractivity contribution in [1.29, 1.82) is 0 Å². The van der Waals surface area contributed by atoms with Gasteiger partial charge in [-0.1, -0.05) is 48.5 Å². The monoisotopic (exact) mass is 456 g/mol. The van der Waals surface area contributed by atoms with Gasteiger partial charge >= 0.3 is 5.97 Å². The average molecular weight is 457 g/mol. The maximum Gasteiger partial charge on any atom is 0.354 e. The highest BCUT2D eigenvalue weighted by molar-refractivity contribution is 7.00. The number of benzene rings is 3. The molecule has 0 saturated heterocycles. The van der Waals surface area contributed by atoms with Crippen molar-refractivity contribution in [2.75, 3.05) is 7.11 Å². The third-order valence-electron chi connectivity index (χ3n) is 5.47. The van der Waals surface area contributed by atoms with Gasteiger partial charge in [0.2, 0.25) is 0 Å². The molecule has 5 rings (SSSR count). The molecule has 164 valence electrons. The summed E-state index contributed by atoms with van der Waals surface area (Å²) in [7, 11) is 1.61. The van der Waals surface area contributed by atoms with Gasteiger partial charge < -0.3 is 9.84 Å². The van der Waals surface area contributed by atoms with Crippen LogP contribution in [0.1, 0.15) is 27.2 Å². The first kappa shape index (κ1) is 20.8. The molecule has 2 aromatic heterocycles. The highest BCUT2D eigenvalue weighted by Gasteiger charge is 2.24. The molecule has 2 heterocycles. The van der Waals surface area contributed by atoms with E-state index in [9.17, 15) is 9.90 Å². The smallest absolute Gasteiger partial charge is 0.354 e. The molecular formula is C25H20N4O3S. The lowest BCUT2D eigenvalue weighted by molar-refractivity contribution is 0.0683. The number of rotatable bonds is 7. The Bertz CT molecular complexity index is 1440. The molecule has 33 heavy (non-hydrogen) atoms. The zero-order valence-corrected chi connectivity index (χ0v) is 18.6. The molecule has 0 aliphatic heterocycles. The van der Waals surface area contributed by atoms with Crippen LogP contribution in [0.3, 0.4) is 0 Å². The second kappa shape index (κ2) is 8.84. The van der Waals surface area contributed by atoms with Gasteiger partial charge in [-0.3, -0.25) is 4.68 Å². The Morgan fingerprint density at radius 1 is 0.970 bits per heavy atom. The van der Waals surface area contributed by atoms with Crippen molar-refractivity contribution in [3.05, 3.63) is 95.2 Å². The summed E-state index contributed by atoms with van der Waals surface area (Å²) in [6.07, 6.45) is 0.414. The summed E-state index contributed by atoms with van der Waals surface area (Å²) in [5, 5.41) is 15.0. The fourth-order valence-corrected chi connectivity index (χ4v) is 4.45. The fourth-order valence-electron chi connectivity index (χ4n) is 3.93. The van der Waals surface area contributed by atoms with E-state index < -0.39 is 5.97 Å². The molecule has 0 atom stereocenters. The molecule has 0 saturated carbocycles. The molecule has 7 nitrogen and oxygen atoms in total. The van der Waals surface area contributed by atoms with Crippen molar-refractivity contribution in [2.24, 2.45) is 0 Å². The van der Waals surface area contributed by atoms with E-state index in [1.807, 2.05) is 72.8 Å². The van der Waals surface area contributed by atoms with Crippen LogP contribution in [0.5, 0.6) is 5.75 Å². The molecule has 0 unspecified atom stereocenters. The van der Waals surface area contributed by atoms with Crippen molar-refractivity contribution in [3.63, 3.8) is 0 Å². The van der Waals surface area contributed by atoms with E-state index in [0.717, 1.165) is 39.5 Å². The van der Waals surface area contributed by atoms with Gasteiger partial charge in [0.25, 0.3) is 0 Å². The number of aromatic nitrogens is 4. The number of carboxylic acid groups (broad SMARTS) is 1. The summed E-state index contributed by atoms with van der Waals surface area (Å²) in [5.74, 6) is -0.302. The van der Waals surface area contributed by atoms with Crippen LogP contribution in [0.15, 0.2) is 72.8 Å². The minimum atomic E-state index is -1.01. The number of methoxy groups -OCH3 is 1. The number of aromatic carboxylic acids is 1. The van der Waals surface area contributed by atoms with Crippen LogP contribution >= 0.6 is 11.7 Å². The normalized spacial score (nSPS) is 11.1. The van der Waals surface area contributed by atoms with Crippen LogP contribution < -0.4 is 4.74 Å². The first-order valence-electron chi connectivity index (χ1n) is 10.3. The fraction of sp³-hybridized carbons (Fsp3) is 0.120. The zero-order valence-electron chi connectivity index (χ0n) is 17.8. The van der Waals surface area contributed by atoms with Crippen LogP contribution in [0.4, 0.5) is 0 Å². The second-order valence-corrected chi connectivity index (χ2v) is 8.15. The van der Waals surface area contributed by atoms with Crippen molar-refractivity contribution in [2.45, 2.75) is 13.0 Å². The molecule has 8 heteroatoms. The SMILES string of the molecule is COc1cccc(Cn2nc(-c3ccccc3)c(Cc3ccc4nsnc4c3)c2C(=O)O)c1. The third kappa shape index (κ3) is 4.20. The Hall–Kier alpha value is -4.04. The highest BCUT2D eigenvalue weighted by Crippen LogP contribution is 2.29. The topological polar surface area (TPSA) is 90.1 Å². The van der Waals surface area contributed by atoms with Gasteiger partial charge in [0.05, 0.1) is 31.1 Å². The summed E-state index contributed by atoms with van der Waals surface area (Å²) in [5.41, 5.74) is 5.87. The minimum absolute atomic E-state index is 0.174. The lowest BCUT2D eigenvalue weighted by atomic mass is 9.98. The predicted octanol–water partition coefficient (Wildman–Crippen LogP) is 4.90. The first-order valence-corrected chi connectivity index (χ1v) is 11.1. The molecule has 0 spiro atoms. The van der Waals surface area contributed by atoms with Gasteiger partial charge in [0.1, 0.15) is 16.8 Å². The molecule has 0 fully saturated rings. The van der Waals surface area contributed by atoms with E-state index in [-0.39, 0.29) is 5.69 Å². The predicted molar refractivity (Wildman–Crippen MR) is 127 cm³/mol. The number of ether oxygens (including phenoxy) is 1. The van der Waals surface area contributed by atoms with E-state index >= 15 is 0 Å². The summed E-state index contributed by atoms with van der Waals surface area (Å²) < 4.78 is 15.5. The van der Waals surface area contributed by atoms with Crippen LogP contribution in [0, 0.1) is 0 Å². The lowest BCUT2D eigenvalue weighted by Crippen LogP contribution is -2.13. The number of hydrogen-bond donors (Lipinski definition) is 1. The molecule has 1 N–H and O–H groups in total. The minimum Gasteiger partial charge on any atom is -0.497 e. The number of fused-ring (bicyclic) bond motifs is 1. The molecule has 3 aromatic carbocycles. The zero-order chi connectivity index (χ0) is 22.8. The maximum atomic E-state index is 12.5. The summed E-state index contributed by atoms with van der Waals surface area (Å²) in [6.45, 7) is 0.313. The number of carboxylic acids is 1. The van der Waals surface area contributed by atoms with Crippen molar-refractivity contribution < 1.29 is 14.6 Å². The van der Waals surface area contributed by atoms with Gasteiger partial charge in [-0.05, 0) is 35.4 Å². The van der Waals surface area contributed by atoms with Crippen LogP contribution in [0.2, 0.25) is 0 Å². The largest absolute Gasteiger partial charge is 0.497 e. The number of nitrogens with zero attached hydrogens (tertiary/aromatic N) is 4. The average Bonchev–Trinajstić information content (AvgIpc) is 3.44. The Morgan fingerprint density at radius 3 is 2.58 bits per heavy atom. The summed E-state index contributed by atoms with van der Waals surface area (Å²) in [6, 6.07) is 23.1. The molecule has 0 bridgehead atoms. The van der Waals surface area contributed by atoms with Crippen LogP contribution in [-0.2, 0) is 13.0 Å². The summed E-state index contributed by atoms with van der Waals surface area (Å²) >= 11 is 1.16. The number of carbonyl (C=O) groups is 1. The standard InChI is InChI=1S/C25H20N4O3S/c1-32-19-9-5-6-17(12-19)15-29-24(25(30)31)20(23(26-29)18-7-3-2-4-8-18)13-16-10-11-21-22(14-16)28-33-27-21/h2-12,14H,13,15H2,1H3,(H,30,31). The van der Waals surface area contributed by atoms with Crippen LogP contribution in [-0.4, -0.2) is 36.7 Å². The molecule has 0 aliphatic carbocycles. The van der Waals surface area contributed by atoms with Crippen LogP contribution in [0.25, 0.3) is 22.3 Å². The van der Waals surface area contributed by atoms with E-state index in [4.69, 9.17) is 9.84 Å². The molecule has 0 radical (unpaired) electrons. The molecule has 0 aliphatic rings. The molecule has 5 aromatic rings. The van der Waals surface area contributed by atoms with Gasteiger partial charge in [-0.15, -0.1) is 0 Å². The highest BCUT2D eigenvalue weighted by atomic mass is 32.1. The van der Waals surface area contributed by atoms with Gasteiger partial charge in [-0.25, -0.2) is 4.79 Å². The van der Waals surface area contributed by atoms with Gasteiger partial charge in [0.15, 0.2) is 5.69 Å². The lowest BCUT2D eigenvalue weighted by Gasteiger charge is -2.08. The Kier molecular flexibility index (Phi) is 5.58.